The maximum absolute atomic E-state index is 14.7. The Morgan fingerprint density at radius 2 is 1.82 bits per heavy atom. The predicted molar refractivity (Wildman–Crippen MR) is 150 cm³/mol. The van der Waals surface area contributed by atoms with E-state index in [1.54, 1.807) is 4.90 Å². The second-order valence-electron chi connectivity index (χ2n) is 9.56. The summed E-state index contributed by atoms with van der Waals surface area (Å²) in [6.45, 7) is 5.23. The SMILES string of the molecule is CC(C)[C@H](c1nc(-c2cccc(Br)c2)cn1Cc1ccccc1)N(CCCN)C(=O)c1ccc(F)cc1F. The summed E-state index contributed by atoms with van der Waals surface area (Å²) in [6, 6.07) is 20.4. The average molecular weight is 582 g/mol. The summed E-state index contributed by atoms with van der Waals surface area (Å²) in [5.41, 5.74) is 8.42. The predicted octanol–water partition coefficient (Wildman–Crippen LogP) is 6.83. The molecule has 5 nitrogen and oxygen atoms in total. The minimum Gasteiger partial charge on any atom is -0.330 e. The molecule has 0 unspecified atom stereocenters. The van der Waals surface area contributed by atoms with Gasteiger partial charge in [0.2, 0.25) is 0 Å². The lowest BCUT2D eigenvalue weighted by molar-refractivity contribution is 0.0599. The Hall–Kier alpha value is -3.36. The zero-order valence-electron chi connectivity index (χ0n) is 21.4. The van der Waals surface area contributed by atoms with E-state index < -0.39 is 23.6 Å². The molecule has 1 aromatic heterocycles. The van der Waals surface area contributed by atoms with Crippen molar-refractivity contribution in [2.24, 2.45) is 11.7 Å². The molecular weight excluding hydrogens is 550 g/mol. The Morgan fingerprint density at radius 3 is 2.47 bits per heavy atom. The lowest BCUT2D eigenvalue weighted by Gasteiger charge is -2.34. The Labute approximate surface area is 230 Å². The van der Waals surface area contributed by atoms with E-state index in [1.165, 1.54) is 6.07 Å². The van der Waals surface area contributed by atoms with Crippen molar-refractivity contribution >= 4 is 21.8 Å². The van der Waals surface area contributed by atoms with Crippen molar-refractivity contribution in [3.05, 3.63) is 112 Å². The maximum Gasteiger partial charge on any atom is 0.257 e. The molecule has 0 saturated carbocycles. The van der Waals surface area contributed by atoms with Crippen molar-refractivity contribution in [3.63, 3.8) is 0 Å². The summed E-state index contributed by atoms with van der Waals surface area (Å²) in [6.07, 6.45) is 2.51. The Bertz CT molecular complexity index is 1390. The van der Waals surface area contributed by atoms with Gasteiger partial charge in [0.15, 0.2) is 0 Å². The summed E-state index contributed by atoms with van der Waals surface area (Å²) in [4.78, 5) is 20.4. The van der Waals surface area contributed by atoms with E-state index in [2.05, 4.69) is 20.5 Å². The maximum atomic E-state index is 14.7. The van der Waals surface area contributed by atoms with Gasteiger partial charge >= 0.3 is 0 Å². The number of aromatic nitrogens is 2. The smallest absolute Gasteiger partial charge is 0.257 e. The molecule has 0 aliphatic carbocycles. The number of hydrogen-bond donors (Lipinski definition) is 1. The van der Waals surface area contributed by atoms with Crippen molar-refractivity contribution in [1.82, 2.24) is 14.5 Å². The number of hydrogen-bond acceptors (Lipinski definition) is 3. The third-order valence-electron chi connectivity index (χ3n) is 6.38. The summed E-state index contributed by atoms with van der Waals surface area (Å²) in [5.74, 6) is -1.52. The van der Waals surface area contributed by atoms with Crippen LogP contribution in [0.4, 0.5) is 8.78 Å². The number of nitrogens with zero attached hydrogens (tertiary/aromatic N) is 3. The standard InChI is InChI=1S/C30H31BrF2N4O/c1-20(2)28(37(15-7-14-34)30(38)25-13-12-24(32)17-26(25)33)29-35-27(22-10-6-11-23(31)16-22)19-36(29)18-21-8-4-3-5-9-21/h3-6,8-13,16-17,19-20,28H,7,14-15,18,34H2,1-2H3/t28-/m1/s1. The molecule has 1 heterocycles. The van der Waals surface area contributed by atoms with Gasteiger partial charge in [0, 0.05) is 35.4 Å². The summed E-state index contributed by atoms with van der Waals surface area (Å²) in [7, 11) is 0. The molecule has 4 aromatic rings. The highest BCUT2D eigenvalue weighted by molar-refractivity contribution is 9.10. The second kappa shape index (κ2) is 12.5. The van der Waals surface area contributed by atoms with Gasteiger partial charge in [-0.3, -0.25) is 4.79 Å². The molecule has 0 saturated heterocycles. The van der Waals surface area contributed by atoms with Crippen LogP contribution in [0.5, 0.6) is 0 Å². The number of carbonyl (C=O) groups is 1. The van der Waals surface area contributed by atoms with Crippen LogP contribution >= 0.6 is 15.9 Å². The first-order valence-corrected chi connectivity index (χ1v) is 13.4. The van der Waals surface area contributed by atoms with Crippen molar-refractivity contribution < 1.29 is 13.6 Å². The van der Waals surface area contributed by atoms with Gasteiger partial charge in [-0.15, -0.1) is 0 Å². The topological polar surface area (TPSA) is 64.2 Å². The van der Waals surface area contributed by atoms with E-state index in [9.17, 15) is 13.6 Å². The first-order valence-electron chi connectivity index (χ1n) is 12.6. The fourth-order valence-corrected chi connectivity index (χ4v) is 5.00. The van der Waals surface area contributed by atoms with Gasteiger partial charge in [0.25, 0.3) is 5.91 Å². The second-order valence-corrected chi connectivity index (χ2v) is 10.5. The van der Waals surface area contributed by atoms with Crippen LogP contribution in [0.15, 0.2) is 83.5 Å². The van der Waals surface area contributed by atoms with Gasteiger partial charge in [-0.25, -0.2) is 13.8 Å². The van der Waals surface area contributed by atoms with Crippen LogP contribution in [0.25, 0.3) is 11.3 Å². The molecule has 0 aliphatic heterocycles. The molecule has 0 radical (unpaired) electrons. The van der Waals surface area contributed by atoms with Crippen LogP contribution in [0, 0.1) is 17.6 Å². The summed E-state index contributed by atoms with van der Waals surface area (Å²) >= 11 is 3.54. The number of nitrogens with two attached hydrogens (primary N) is 1. The monoisotopic (exact) mass is 580 g/mol. The third-order valence-corrected chi connectivity index (χ3v) is 6.87. The van der Waals surface area contributed by atoms with E-state index >= 15 is 0 Å². The summed E-state index contributed by atoms with van der Waals surface area (Å²) in [5, 5.41) is 0. The average Bonchev–Trinajstić information content (AvgIpc) is 3.29. The molecule has 1 atom stereocenters. The van der Waals surface area contributed by atoms with Crippen LogP contribution in [0.3, 0.4) is 0 Å². The zero-order chi connectivity index (χ0) is 27.2. The molecule has 3 aromatic carbocycles. The quantitative estimate of drug-likeness (QED) is 0.223. The van der Waals surface area contributed by atoms with Crippen molar-refractivity contribution in [3.8, 4) is 11.3 Å². The van der Waals surface area contributed by atoms with E-state index in [1.807, 2.05) is 74.6 Å². The highest BCUT2D eigenvalue weighted by Crippen LogP contribution is 2.33. The largest absolute Gasteiger partial charge is 0.330 e. The van der Waals surface area contributed by atoms with E-state index in [4.69, 9.17) is 10.7 Å². The highest BCUT2D eigenvalue weighted by atomic mass is 79.9. The van der Waals surface area contributed by atoms with Gasteiger partial charge in [0.1, 0.15) is 17.5 Å². The number of rotatable bonds is 10. The Morgan fingerprint density at radius 1 is 1.05 bits per heavy atom. The fourth-order valence-electron chi connectivity index (χ4n) is 4.60. The van der Waals surface area contributed by atoms with Gasteiger partial charge < -0.3 is 15.2 Å². The first-order chi connectivity index (χ1) is 18.3. The van der Waals surface area contributed by atoms with Crippen LogP contribution in [0.1, 0.15) is 48.1 Å². The third kappa shape index (κ3) is 6.37. The van der Waals surface area contributed by atoms with E-state index in [0.29, 0.717) is 31.9 Å². The number of halogens is 3. The lowest BCUT2D eigenvalue weighted by atomic mass is 9.99. The van der Waals surface area contributed by atoms with Crippen LogP contribution in [0.2, 0.25) is 0 Å². The van der Waals surface area contributed by atoms with Crippen LogP contribution in [-0.2, 0) is 6.54 Å². The molecule has 1 amide bonds. The number of amides is 1. The summed E-state index contributed by atoms with van der Waals surface area (Å²) < 4.78 is 31.4. The molecule has 0 aliphatic rings. The van der Waals surface area contributed by atoms with Crippen LogP contribution in [-0.4, -0.2) is 33.4 Å². The molecule has 198 valence electrons. The molecule has 2 N–H and O–H groups in total. The molecule has 8 heteroatoms. The fraction of sp³-hybridized carbons (Fsp3) is 0.267. The molecule has 0 fully saturated rings. The molecule has 4 rings (SSSR count). The van der Waals surface area contributed by atoms with Gasteiger partial charge in [-0.05, 0) is 48.7 Å². The first kappa shape index (κ1) is 27.7. The normalized spacial score (nSPS) is 12.1. The number of benzene rings is 3. The van der Waals surface area contributed by atoms with Gasteiger partial charge in [-0.2, -0.15) is 0 Å². The van der Waals surface area contributed by atoms with Crippen molar-refractivity contribution in [1.29, 1.82) is 0 Å². The minimum absolute atomic E-state index is 0.0625. The highest BCUT2D eigenvalue weighted by Gasteiger charge is 2.33. The lowest BCUT2D eigenvalue weighted by Crippen LogP contribution is -2.40. The number of carbonyl (C=O) groups excluding carboxylic acids is 1. The van der Waals surface area contributed by atoms with Gasteiger partial charge in [-0.1, -0.05) is 72.2 Å². The Kier molecular flexibility index (Phi) is 9.07. The van der Waals surface area contributed by atoms with Crippen molar-refractivity contribution in [2.45, 2.75) is 32.9 Å². The number of imidazole rings is 1. The van der Waals surface area contributed by atoms with E-state index in [0.717, 1.165) is 33.4 Å². The molecule has 0 spiro atoms. The molecule has 0 bridgehead atoms. The zero-order valence-corrected chi connectivity index (χ0v) is 23.0. The van der Waals surface area contributed by atoms with Crippen LogP contribution < -0.4 is 5.73 Å². The molecular formula is C30H31BrF2N4O. The Balaban J connectivity index is 1.84. The van der Waals surface area contributed by atoms with Crippen molar-refractivity contribution in [2.75, 3.05) is 13.1 Å². The minimum atomic E-state index is -0.891. The van der Waals surface area contributed by atoms with E-state index in [-0.39, 0.29) is 11.5 Å². The molecule has 38 heavy (non-hydrogen) atoms. The van der Waals surface area contributed by atoms with Gasteiger partial charge in [0.05, 0.1) is 17.3 Å².